The molecular weight excluding hydrogens is 468 g/mol. The number of carbonyl (C=O) groups is 1. The van der Waals surface area contributed by atoms with Gasteiger partial charge in [0.15, 0.2) is 0 Å². The number of amides is 1. The highest BCUT2D eigenvalue weighted by molar-refractivity contribution is 5.82. The Hall–Kier alpha value is -4.72. The van der Waals surface area contributed by atoms with E-state index >= 15 is 0 Å². The number of nitrogens with zero attached hydrogens (tertiary/aromatic N) is 4. The molecule has 2 aromatic heterocycles. The van der Waals surface area contributed by atoms with Crippen molar-refractivity contribution in [1.82, 2.24) is 19.4 Å². The summed E-state index contributed by atoms with van der Waals surface area (Å²) in [7, 11) is 1.60. The van der Waals surface area contributed by atoms with E-state index in [-0.39, 0.29) is 11.5 Å². The van der Waals surface area contributed by atoms with Crippen molar-refractivity contribution in [1.29, 1.82) is 0 Å². The van der Waals surface area contributed by atoms with Gasteiger partial charge in [0.2, 0.25) is 11.8 Å². The second-order valence-electron chi connectivity index (χ2n) is 8.91. The number of para-hydroxylation sites is 1. The van der Waals surface area contributed by atoms with Gasteiger partial charge in [-0.15, -0.1) is 0 Å². The predicted octanol–water partition coefficient (Wildman–Crippen LogP) is 4.18. The molecule has 8 nitrogen and oxygen atoms in total. The molecule has 184 valence electrons. The normalized spacial score (nSPS) is 13.1. The van der Waals surface area contributed by atoms with Crippen molar-refractivity contribution in [2.45, 2.75) is 19.4 Å². The molecule has 0 unspecified atom stereocenters. The molecule has 0 N–H and O–H groups in total. The van der Waals surface area contributed by atoms with Gasteiger partial charge in [-0.05, 0) is 53.6 Å². The second-order valence-corrected chi connectivity index (χ2v) is 8.91. The van der Waals surface area contributed by atoms with Gasteiger partial charge in [0, 0.05) is 25.1 Å². The van der Waals surface area contributed by atoms with Gasteiger partial charge in [-0.25, -0.2) is 9.97 Å². The average molecular weight is 493 g/mol. The molecule has 0 saturated heterocycles. The van der Waals surface area contributed by atoms with Crippen molar-refractivity contribution >= 4 is 16.8 Å². The Labute approximate surface area is 212 Å². The molecule has 8 heteroatoms. The fourth-order valence-corrected chi connectivity index (χ4v) is 4.88. The van der Waals surface area contributed by atoms with Gasteiger partial charge >= 0.3 is 0 Å². The summed E-state index contributed by atoms with van der Waals surface area (Å²) in [4.78, 5) is 37.6. The van der Waals surface area contributed by atoms with Crippen LogP contribution in [0.25, 0.3) is 28.0 Å². The predicted molar refractivity (Wildman–Crippen MR) is 139 cm³/mol. The Bertz CT molecular complexity index is 1660. The lowest BCUT2D eigenvalue weighted by atomic mass is 9.94. The zero-order valence-electron chi connectivity index (χ0n) is 20.3. The number of benzene rings is 3. The monoisotopic (exact) mass is 492 g/mol. The molecule has 1 aliphatic heterocycles. The number of rotatable bonds is 6. The standard InChI is InChI=1S/C29H24N4O4/c1-36-21-11-9-20(10-12-21)33-26(31-25-8-3-2-6-23(25)29(33)35)13-15-32-18-24-19(17-27(32)34)5-4-7-22(24)28-30-14-16-37-28/h2-12,14,16H,13,15,17-18H2,1H3. The molecule has 0 radical (unpaired) electrons. The molecule has 37 heavy (non-hydrogen) atoms. The summed E-state index contributed by atoms with van der Waals surface area (Å²) < 4.78 is 12.4. The molecule has 6 rings (SSSR count). The first kappa shape index (κ1) is 22.7. The third kappa shape index (κ3) is 4.16. The average Bonchev–Trinajstić information content (AvgIpc) is 3.47. The summed E-state index contributed by atoms with van der Waals surface area (Å²) >= 11 is 0. The molecule has 5 aromatic rings. The second kappa shape index (κ2) is 9.39. The molecule has 0 atom stereocenters. The van der Waals surface area contributed by atoms with Crippen LogP contribution in [0.4, 0.5) is 0 Å². The molecule has 0 fully saturated rings. The number of ether oxygens (including phenoxy) is 1. The van der Waals surface area contributed by atoms with Gasteiger partial charge in [-0.3, -0.25) is 14.2 Å². The number of hydrogen-bond acceptors (Lipinski definition) is 6. The van der Waals surface area contributed by atoms with Crippen LogP contribution in [0.5, 0.6) is 5.75 Å². The zero-order valence-corrected chi connectivity index (χ0v) is 20.3. The summed E-state index contributed by atoms with van der Waals surface area (Å²) in [5.74, 6) is 1.87. The van der Waals surface area contributed by atoms with Gasteiger partial charge < -0.3 is 14.1 Å². The van der Waals surface area contributed by atoms with Gasteiger partial charge in [0.1, 0.15) is 17.8 Å². The summed E-state index contributed by atoms with van der Waals surface area (Å²) in [5, 5.41) is 0.542. The SMILES string of the molecule is COc1ccc(-n2c(CCN3Cc4c(cccc4-c4ncco4)CC3=O)nc3ccccc3c2=O)cc1. The van der Waals surface area contributed by atoms with Crippen LogP contribution >= 0.6 is 0 Å². The van der Waals surface area contributed by atoms with Gasteiger partial charge in [-0.2, -0.15) is 0 Å². The Morgan fingerprint density at radius 1 is 1.00 bits per heavy atom. The van der Waals surface area contributed by atoms with Crippen molar-refractivity contribution in [3.8, 4) is 22.9 Å². The first-order valence-corrected chi connectivity index (χ1v) is 12.1. The maximum Gasteiger partial charge on any atom is 0.265 e. The van der Waals surface area contributed by atoms with E-state index in [0.29, 0.717) is 60.0 Å². The van der Waals surface area contributed by atoms with E-state index < -0.39 is 0 Å². The van der Waals surface area contributed by atoms with Crippen LogP contribution in [-0.4, -0.2) is 39.0 Å². The number of hydrogen-bond donors (Lipinski definition) is 0. The highest BCUT2D eigenvalue weighted by atomic mass is 16.5. The van der Waals surface area contributed by atoms with E-state index in [0.717, 1.165) is 16.7 Å². The van der Waals surface area contributed by atoms with Crippen molar-refractivity contribution < 1.29 is 13.9 Å². The Morgan fingerprint density at radius 2 is 1.84 bits per heavy atom. The van der Waals surface area contributed by atoms with Crippen molar-refractivity contribution in [2.24, 2.45) is 0 Å². The van der Waals surface area contributed by atoms with Crippen LogP contribution < -0.4 is 10.3 Å². The van der Waals surface area contributed by atoms with Crippen LogP contribution in [0.2, 0.25) is 0 Å². The van der Waals surface area contributed by atoms with Crippen molar-refractivity contribution in [2.75, 3.05) is 13.7 Å². The number of carbonyl (C=O) groups excluding carboxylic acids is 1. The van der Waals surface area contributed by atoms with E-state index in [1.165, 1.54) is 0 Å². The maximum absolute atomic E-state index is 13.6. The minimum absolute atomic E-state index is 0.0381. The van der Waals surface area contributed by atoms with Gasteiger partial charge in [0.25, 0.3) is 5.56 Å². The Morgan fingerprint density at radius 3 is 2.62 bits per heavy atom. The van der Waals surface area contributed by atoms with Crippen molar-refractivity contribution in [3.63, 3.8) is 0 Å². The third-order valence-corrected chi connectivity index (χ3v) is 6.76. The maximum atomic E-state index is 13.6. The first-order chi connectivity index (χ1) is 18.1. The summed E-state index contributed by atoms with van der Waals surface area (Å²) in [6.07, 6.45) is 3.88. The topological polar surface area (TPSA) is 90.5 Å². The molecule has 3 aromatic carbocycles. The molecule has 0 saturated carbocycles. The van der Waals surface area contributed by atoms with Crippen LogP contribution in [0, 0.1) is 0 Å². The molecule has 0 aliphatic carbocycles. The number of aromatic nitrogens is 3. The summed E-state index contributed by atoms with van der Waals surface area (Å²) in [6, 6.07) is 20.5. The van der Waals surface area contributed by atoms with E-state index in [1.807, 2.05) is 65.6 Å². The number of methoxy groups -OCH3 is 1. The fraction of sp³-hybridized carbons (Fsp3) is 0.172. The molecule has 3 heterocycles. The molecule has 1 amide bonds. The molecule has 0 spiro atoms. The highest BCUT2D eigenvalue weighted by Crippen LogP contribution is 2.30. The molecular formula is C29H24N4O4. The number of fused-ring (bicyclic) bond motifs is 2. The van der Waals surface area contributed by atoms with E-state index in [2.05, 4.69) is 4.98 Å². The minimum Gasteiger partial charge on any atom is -0.497 e. The lowest BCUT2D eigenvalue weighted by Gasteiger charge is -2.30. The largest absolute Gasteiger partial charge is 0.497 e. The molecule has 0 bridgehead atoms. The van der Waals surface area contributed by atoms with E-state index in [4.69, 9.17) is 14.1 Å². The smallest absolute Gasteiger partial charge is 0.265 e. The zero-order chi connectivity index (χ0) is 25.4. The van der Waals surface area contributed by atoms with Crippen LogP contribution in [0.3, 0.4) is 0 Å². The first-order valence-electron chi connectivity index (χ1n) is 12.1. The minimum atomic E-state index is -0.146. The van der Waals surface area contributed by atoms with Crippen LogP contribution in [-0.2, 0) is 24.2 Å². The van der Waals surface area contributed by atoms with Crippen LogP contribution in [0.15, 0.2) is 88.4 Å². The Kier molecular flexibility index (Phi) is 5.76. The Balaban J connectivity index is 1.35. The van der Waals surface area contributed by atoms with Gasteiger partial charge in [-0.1, -0.05) is 24.3 Å². The van der Waals surface area contributed by atoms with Crippen molar-refractivity contribution in [3.05, 3.63) is 106 Å². The quantitative estimate of drug-likeness (QED) is 0.353. The van der Waals surface area contributed by atoms with Crippen LogP contribution in [0.1, 0.15) is 17.0 Å². The van der Waals surface area contributed by atoms with Gasteiger partial charge in [0.05, 0.1) is 36.3 Å². The highest BCUT2D eigenvalue weighted by Gasteiger charge is 2.26. The van der Waals surface area contributed by atoms with E-state index in [9.17, 15) is 9.59 Å². The summed E-state index contributed by atoms with van der Waals surface area (Å²) in [5.41, 5.74) is 4.08. The number of oxazole rings is 1. The van der Waals surface area contributed by atoms with E-state index in [1.54, 1.807) is 30.2 Å². The fourth-order valence-electron chi connectivity index (χ4n) is 4.88. The molecule has 1 aliphatic rings. The lowest BCUT2D eigenvalue weighted by Crippen LogP contribution is -2.38. The third-order valence-electron chi connectivity index (χ3n) is 6.76. The lowest BCUT2D eigenvalue weighted by molar-refractivity contribution is -0.131. The summed E-state index contributed by atoms with van der Waals surface area (Å²) in [6.45, 7) is 0.853.